The molecule has 4 heterocycles. The van der Waals surface area contributed by atoms with Crippen molar-refractivity contribution < 1.29 is 19.4 Å². The van der Waals surface area contributed by atoms with Gasteiger partial charge >= 0.3 is 5.97 Å². The summed E-state index contributed by atoms with van der Waals surface area (Å²) < 4.78 is 13.2. The van der Waals surface area contributed by atoms with Crippen LogP contribution in [0.4, 0.5) is 0 Å². The number of rotatable bonds is 4. The molecule has 5 rings (SSSR count). The molecule has 164 valence electrons. The van der Waals surface area contributed by atoms with Crippen molar-refractivity contribution >= 4 is 17.6 Å². The molecule has 2 saturated heterocycles. The van der Waals surface area contributed by atoms with E-state index in [1.54, 1.807) is 4.68 Å². The van der Waals surface area contributed by atoms with E-state index in [1.165, 1.54) is 12.3 Å². The number of aromatic carboxylic acids is 1. The Morgan fingerprint density at radius 2 is 2.03 bits per heavy atom. The molecule has 2 aromatic rings. The molecular formula is C23H25ClN2O5. The van der Waals surface area contributed by atoms with Gasteiger partial charge in [0, 0.05) is 23.2 Å². The van der Waals surface area contributed by atoms with Gasteiger partial charge in [0.25, 0.3) is 0 Å². The molecule has 31 heavy (non-hydrogen) atoms. The summed E-state index contributed by atoms with van der Waals surface area (Å²) in [6, 6.07) is 7.06. The number of carboxylic acid groups (broad SMARTS) is 1. The third kappa shape index (κ3) is 3.13. The summed E-state index contributed by atoms with van der Waals surface area (Å²) in [5, 5.41) is 11.4. The molecular weight excluding hydrogens is 420 g/mol. The highest BCUT2D eigenvalue weighted by Crippen LogP contribution is 2.50. The number of halogens is 1. The van der Waals surface area contributed by atoms with Crippen LogP contribution in [0.2, 0.25) is 0 Å². The van der Waals surface area contributed by atoms with Gasteiger partial charge in [-0.05, 0) is 44.0 Å². The summed E-state index contributed by atoms with van der Waals surface area (Å²) in [6.45, 7) is 8.23. The molecule has 1 N–H and O–H groups in total. The maximum atomic E-state index is 12.5. The fourth-order valence-electron chi connectivity index (χ4n) is 4.93. The molecule has 1 aromatic carbocycles. The Labute approximate surface area is 185 Å². The van der Waals surface area contributed by atoms with Crippen molar-refractivity contribution in [3.05, 3.63) is 51.8 Å². The van der Waals surface area contributed by atoms with Gasteiger partial charge in [-0.1, -0.05) is 6.92 Å². The molecule has 0 amide bonds. The van der Waals surface area contributed by atoms with Gasteiger partial charge in [-0.15, -0.1) is 11.6 Å². The summed E-state index contributed by atoms with van der Waals surface area (Å²) in [6.07, 6.45) is 2.14. The number of hydrogen-bond acceptors (Lipinski definition) is 5. The topological polar surface area (TPSA) is 81.0 Å². The van der Waals surface area contributed by atoms with Crippen LogP contribution in [-0.2, 0) is 4.74 Å². The summed E-state index contributed by atoms with van der Waals surface area (Å²) in [5.74, 6) is -0.488. The molecule has 3 aliphatic heterocycles. The average Bonchev–Trinajstić information content (AvgIpc) is 2.93. The van der Waals surface area contributed by atoms with Crippen molar-refractivity contribution in [2.45, 2.75) is 44.1 Å². The molecule has 0 aliphatic carbocycles. The van der Waals surface area contributed by atoms with Crippen LogP contribution in [0.15, 0.2) is 35.3 Å². The molecule has 2 fully saturated rings. The highest BCUT2D eigenvalue weighted by Gasteiger charge is 2.50. The van der Waals surface area contributed by atoms with E-state index in [2.05, 4.69) is 25.8 Å². The zero-order valence-electron chi connectivity index (χ0n) is 17.7. The SMILES string of the molecule is CC1(COc2ccc3c(c2)C2C(Cl)CC(C)(C)N2n2cc(C(=O)O)c(=O)cc2-3)COC1. The summed E-state index contributed by atoms with van der Waals surface area (Å²) in [4.78, 5) is 24.1. The van der Waals surface area contributed by atoms with Crippen molar-refractivity contribution in [3.8, 4) is 17.0 Å². The van der Waals surface area contributed by atoms with Gasteiger partial charge in [0.2, 0.25) is 0 Å². The second-order valence-electron chi connectivity index (χ2n) is 9.75. The molecule has 0 radical (unpaired) electrons. The van der Waals surface area contributed by atoms with E-state index in [0.29, 0.717) is 31.9 Å². The first-order valence-electron chi connectivity index (χ1n) is 10.4. The Bertz CT molecular complexity index is 1140. The molecule has 2 unspecified atom stereocenters. The fraction of sp³-hybridized carbons (Fsp3) is 0.478. The normalized spacial score (nSPS) is 24.6. The largest absolute Gasteiger partial charge is 0.493 e. The third-order valence-electron chi connectivity index (χ3n) is 6.52. The number of hydrogen-bond donors (Lipinski definition) is 1. The van der Waals surface area contributed by atoms with Gasteiger partial charge in [-0.3, -0.25) is 14.5 Å². The number of aromatic nitrogens is 1. The molecule has 8 heteroatoms. The molecule has 3 aliphatic rings. The molecule has 0 saturated carbocycles. The van der Waals surface area contributed by atoms with Crippen LogP contribution in [-0.4, -0.2) is 46.5 Å². The van der Waals surface area contributed by atoms with Gasteiger partial charge < -0.3 is 14.6 Å². The van der Waals surface area contributed by atoms with Crippen LogP contribution in [0.25, 0.3) is 11.3 Å². The second kappa shape index (κ2) is 6.74. The van der Waals surface area contributed by atoms with Gasteiger partial charge in [0.1, 0.15) is 11.3 Å². The van der Waals surface area contributed by atoms with Crippen LogP contribution >= 0.6 is 11.6 Å². The molecule has 1 aromatic heterocycles. The Balaban J connectivity index is 1.64. The van der Waals surface area contributed by atoms with E-state index in [-0.39, 0.29) is 27.9 Å². The maximum Gasteiger partial charge on any atom is 0.341 e. The van der Waals surface area contributed by atoms with Crippen LogP contribution in [0, 0.1) is 5.41 Å². The molecule has 0 spiro atoms. The summed E-state index contributed by atoms with van der Waals surface area (Å²) in [5.41, 5.74) is 1.44. The predicted molar refractivity (Wildman–Crippen MR) is 117 cm³/mol. The first-order chi connectivity index (χ1) is 14.6. The Morgan fingerprint density at radius 3 is 2.68 bits per heavy atom. The fourth-order valence-corrected chi connectivity index (χ4v) is 5.55. The van der Waals surface area contributed by atoms with Crippen LogP contribution in [0.3, 0.4) is 0 Å². The van der Waals surface area contributed by atoms with Crippen molar-refractivity contribution in [3.63, 3.8) is 0 Å². The number of alkyl halides is 1. The zero-order valence-corrected chi connectivity index (χ0v) is 18.5. The van der Waals surface area contributed by atoms with Gasteiger partial charge in [0.15, 0.2) is 5.43 Å². The number of benzene rings is 1. The highest BCUT2D eigenvalue weighted by molar-refractivity contribution is 6.21. The van der Waals surface area contributed by atoms with Crippen molar-refractivity contribution in [2.24, 2.45) is 5.41 Å². The number of fused-ring (bicyclic) bond motifs is 6. The molecule has 7 nitrogen and oxygen atoms in total. The second-order valence-corrected chi connectivity index (χ2v) is 10.3. The minimum atomic E-state index is -1.24. The van der Waals surface area contributed by atoms with Gasteiger partial charge in [-0.2, -0.15) is 0 Å². The van der Waals surface area contributed by atoms with Crippen LogP contribution in [0.5, 0.6) is 5.75 Å². The van der Waals surface area contributed by atoms with Crippen LogP contribution < -0.4 is 15.2 Å². The van der Waals surface area contributed by atoms with Crippen LogP contribution in [0.1, 0.15) is 49.2 Å². The Hall–Kier alpha value is -2.51. The van der Waals surface area contributed by atoms with E-state index in [9.17, 15) is 14.7 Å². The molecule has 0 bridgehead atoms. The molecule has 2 atom stereocenters. The average molecular weight is 445 g/mol. The lowest BCUT2D eigenvalue weighted by Gasteiger charge is -2.44. The lowest BCUT2D eigenvalue weighted by atomic mass is 9.90. The van der Waals surface area contributed by atoms with E-state index >= 15 is 0 Å². The third-order valence-corrected chi connectivity index (χ3v) is 6.91. The Kier molecular flexibility index (Phi) is 4.44. The number of carboxylic acids is 1. The predicted octanol–water partition coefficient (Wildman–Crippen LogP) is 3.41. The first-order valence-corrected chi connectivity index (χ1v) is 10.8. The Morgan fingerprint density at radius 1 is 1.29 bits per heavy atom. The lowest BCUT2D eigenvalue weighted by Crippen LogP contribution is -2.50. The summed E-state index contributed by atoms with van der Waals surface area (Å²) >= 11 is 6.84. The number of nitrogens with zero attached hydrogens (tertiary/aromatic N) is 2. The highest BCUT2D eigenvalue weighted by atomic mass is 35.5. The monoisotopic (exact) mass is 444 g/mol. The van der Waals surface area contributed by atoms with Crippen molar-refractivity contribution in [1.29, 1.82) is 0 Å². The minimum absolute atomic E-state index is 0.0272. The smallest absolute Gasteiger partial charge is 0.341 e. The van der Waals surface area contributed by atoms with E-state index in [1.807, 2.05) is 18.2 Å². The standard InChI is InChI=1S/C23H25ClN2O5/c1-22(2)8-17(24)20-15-6-13(31-12-23(3)10-30-11-23)4-5-14(15)18-7-19(27)16(21(28)29)9-25(18)26(20)22/h4-7,9,17,20H,8,10-12H2,1-3H3,(H,28,29). The van der Waals surface area contributed by atoms with Crippen molar-refractivity contribution in [2.75, 3.05) is 24.8 Å². The summed E-state index contributed by atoms with van der Waals surface area (Å²) in [7, 11) is 0. The number of carbonyl (C=O) groups is 1. The quantitative estimate of drug-likeness (QED) is 0.728. The first kappa shape index (κ1) is 20.4. The van der Waals surface area contributed by atoms with E-state index < -0.39 is 11.4 Å². The van der Waals surface area contributed by atoms with Gasteiger partial charge in [0.05, 0.1) is 42.5 Å². The number of pyridine rings is 1. The van der Waals surface area contributed by atoms with Crippen molar-refractivity contribution in [1.82, 2.24) is 4.68 Å². The minimum Gasteiger partial charge on any atom is -0.493 e. The number of ether oxygens (including phenoxy) is 2. The maximum absolute atomic E-state index is 12.5. The lowest BCUT2D eigenvalue weighted by molar-refractivity contribution is -0.120. The van der Waals surface area contributed by atoms with E-state index in [0.717, 1.165) is 16.9 Å². The zero-order chi connectivity index (χ0) is 22.1. The van der Waals surface area contributed by atoms with E-state index in [4.69, 9.17) is 21.1 Å². The van der Waals surface area contributed by atoms with Gasteiger partial charge in [-0.25, -0.2) is 4.79 Å².